The first-order chi connectivity index (χ1) is 16.5. The molecule has 0 saturated carbocycles. The lowest BCUT2D eigenvalue weighted by atomic mass is 10.1. The van der Waals surface area contributed by atoms with Crippen LogP contribution in [0.25, 0.3) is 0 Å². The molecule has 3 heterocycles. The lowest BCUT2D eigenvalue weighted by Crippen LogP contribution is -2.38. The summed E-state index contributed by atoms with van der Waals surface area (Å²) in [5.41, 5.74) is 1.84. The van der Waals surface area contributed by atoms with E-state index in [1.165, 1.54) is 18.4 Å². The fraction of sp³-hybridized carbons (Fsp3) is 0.519. The van der Waals surface area contributed by atoms with Gasteiger partial charge in [-0.15, -0.1) is 0 Å². The van der Waals surface area contributed by atoms with Crippen LogP contribution in [-0.4, -0.2) is 57.2 Å². The molecule has 0 bridgehead atoms. The maximum atomic E-state index is 12.3. The van der Waals surface area contributed by atoms with E-state index in [2.05, 4.69) is 29.8 Å². The van der Waals surface area contributed by atoms with Crippen LogP contribution >= 0.6 is 11.6 Å². The number of carbonyl (C=O) groups excluding carboxylic acids is 2. The molecular formula is C27H39ClN4O2. The van der Waals surface area contributed by atoms with Crippen LogP contribution in [0, 0.1) is 0 Å². The summed E-state index contributed by atoms with van der Waals surface area (Å²) in [5, 5.41) is 0.893. The molecule has 1 atom stereocenters. The molecule has 2 aromatic rings. The van der Waals surface area contributed by atoms with Crippen LogP contribution in [0.15, 0.2) is 42.6 Å². The normalized spacial score (nSPS) is 16.2. The number of imidazole rings is 1. The Kier molecular flexibility index (Phi) is 12.1. The molecule has 7 heteroatoms. The maximum Gasteiger partial charge on any atom is 0.246 e. The number of likely N-dealkylation sites (tertiary alicyclic amines) is 1. The molecule has 2 aliphatic heterocycles. The van der Waals surface area contributed by atoms with Gasteiger partial charge in [-0.25, -0.2) is 4.98 Å². The van der Waals surface area contributed by atoms with Crippen LogP contribution in [0.2, 0.25) is 5.02 Å². The Morgan fingerprint density at radius 3 is 2.50 bits per heavy atom. The summed E-state index contributed by atoms with van der Waals surface area (Å²) < 4.78 is 1.88. The zero-order valence-corrected chi connectivity index (χ0v) is 21.8. The summed E-state index contributed by atoms with van der Waals surface area (Å²) in [5.74, 6) is 0.802. The third kappa shape index (κ3) is 7.81. The van der Waals surface area contributed by atoms with E-state index >= 15 is 0 Å². The number of halogens is 1. The van der Waals surface area contributed by atoms with Crippen molar-refractivity contribution < 1.29 is 9.59 Å². The molecule has 1 amide bonds. The molecule has 1 unspecified atom stereocenters. The molecule has 0 radical (unpaired) electrons. The number of aldehydes is 1. The molecule has 1 fully saturated rings. The van der Waals surface area contributed by atoms with Crippen LogP contribution in [0.3, 0.4) is 0 Å². The number of carbonyl (C=O) groups is 2. The van der Waals surface area contributed by atoms with Crippen LogP contribution in [0.4, 0.5) is 0 Å². The number of nitrogens with zero attached hydrogens (tertiary/aromatic N) is 4. The van der Waals surface area contributed by atoms with Crippen molar-refractivity contribution in [1.29, 1.82) is 0 Å². The summed E-state index contributed by atoms with van der Waals surface area (Å²) in [4.78, 5) is 31.6. The fourth-order valence-electron chi connectivity index (χ4n) is 4.13. The first kappa shape index (κ1) is 27.8. The smallest absolute Gasteiger partial charge is 0.246 e. The molecule has 0 N–H and O–H groups in total. The van der Waals surface area contributed by atoms with E-state index in [0.717, 1.165) is 43.1 Å². The molecular weight excluding hydrogens is 448 g/mol. The van der Waals surface area contributed by atoms with Crippen LogP contribution in [0.1, 0.15) is 68.8 Å². The highest BCUT2D eigenvalue weighted by Gasteiger charge is 2.22. The van der Waals surface area contributed by atoms with Gasteiger partial charge in [0.05, 0.1) is 12.7 Å². The topological polar surface area (TPSA) is 58.4 Å². The van der Waals surface area contributed by atoms with Gasteiger partial charge in [0.1, 0.15) is 11.5 Å². The predicted molar refractivity (Wildman–Crippen MR) is 139 cm³/mol. The van der Waals surface area contributed by atoms with Gasteiger partial charge in [-0.05, 0) is 50.9 Å². The molecule has 0 aliphatic carbocycles. The third-order valence-electron chi connectivity index (χ3n) is 6.04. The van der Waals surface area contributed by atoms with E-state index in [1.54, 1.807) is 17.2 Å². The largest absolute Gasteiger partial charge is 0.330 e. The van der Waals surface area contributed by atoms with E-state index in [-0.39, 0.29) is 5.91 Å². The van der Waals surface area contributed by atoms with Crippen molar-refractivity contribution in [3.8, 4) is 0 Å². The van der Waals surface area contributed by atoms with Gasteiger partial charge in [-0.3, -0.25) is 14.5 Å². The second kappa shape index (κ2) is 14.7. The summed E-state index contributed by atoms with van der Waals surface area (Å²) in [6.07, 6.45) is 10.8. The highest BCUT2D eigenvalue weighted by atomic mass is 35.5. The summed E-state index contributed by atoms with van der Waals surface area (Å²) in [7, 11) is 0. The third-order valence-corrected chi connectivity index (χ3v) is 6.41. The Morgan fingerprint density at radius 2 is 1.85 bits per heavy atom. The average molecular weight is 487 g/mol. The van der Waals surface area contributed by atoms with Gasteiger partial charge in [0.15, 0.2) is 6.29 Å². The Labute approximate surface area is 209 Å². The summed E-state index contributed by atoms with van der Waals surface area (Å²) >= 11 is 5.90. The molecule has 34 heavy (non-hydrogen) atoms. The monoisotopic (exact) mass is 486 g/mol. The summed E-state index contributed by atoms with van der Waals surface area (Å²) in [6.45, 7) is 12.2. The Morgan fingerprint density at radius 1 is 1.15 bits per heavy atom. The number of fused-ring (bicyclic) bond motifs is 1. The van der Waals surface area contributed by atoms with Crippen LogP contribution in [0.5, 0.6) is 0 Å². The van der Waals surface area contributed by atoms with Crippen LogP contribution < -0.4 is 0 Å². The van der Waals surface area contributed by atoms with E-state index in [4.69, 9.17) is 11.6 Å². The van der Waals surface area contributed by atoms with Gasteiger partial charge in [0, 0.05) is 30.2 Å². The van der Waals surface area contributed by atoms with E-state index in [0.29, 0.717) is 31.4 Å². The molecule has 0 spiro atoms. The number of amides is 1. The van der Waals surface area contributed by atoms with Gasteiger partial charge in [-0.2, -0.15) is 0 Å². The molecule has 1 aromatic heterocycles. The lowest BCUT2D eigenvalue weighted by Gasteiger charge is -2.27. The number of hydrogen-bond acceptors (Lipinski definition) is 4. The van der Waals surface area contributed by atoms with E-state index in [9.17, 15) is 9.59 Å². The number of aromatic nitrogens is 2. The van der Waals surface area contributed by atoms with Gasteiger partial charge >= 0.3 is 0 Å². The first-order valence-corrected chi connectivity index (χ1v) is 12.9. The van der Waals surface area contributed by atoms with Gasteiger partial charge < -0.3 is 9.47 Å². The number of benzene rings is 1. The predicted octanol–water partition coefficient (Wildman–Crippen LogP) is 5.40. The van der Waals surface area contributed by atoms with Gasteiger partial charge in [-0.1, -0.05) is 63.1 Å². The Balaban J connectivity index is 0.000000286. The molecule has 6 nitrogen and oxygen atoms in total. The van der Waals surface area contributed by atoms with Crippen molar-refractivity contribution in [2.24, 2.45) is 0 Å². The van der Waals surface area contributed by atoms with Crippen molar-refractivity contribution in [2.45, 2.75) is 72.5 Å². The van der Waals surface area contributed by atoms with Crippen molar-refractivity contribution in [2.75, 3.05) is 19.6 Å². The zero-order valence-electron chi connectivity index (χ0n) is 21.0. The molecule has 4 rings (SSSR count). The minimum absolute atomic E-state index is 0.0212. The second-order valence-electron chi connectivity index (χ2n) is 8.31. The zero-order chi connectivity index (χ0) is 24.9. The highest BCUT2D eigenvalue weighted by molar-refractivity contribution is 6.31. The minimum Gasteiger partial charge on any atom is -0.330 e. The van der Waals surface area contributed by atoms with Crippen molar-refractivity contribution in [3.05, 3.63) is 64.7 Å². The molecule has 1 saturated heterocycles. The quantitative estimate of drug-likeness (QED) is 0.405. The minimum atomic E-state index is 0.0212. The summed E-state index contributed by atoms with van der Waals surface area (Å²) in [6, 6.07) is 8.30. The van der Waals surface area contributed by atoms with Crippen molar-refractivity contribution in [1.82, 2.24) is 19.4 Å². The SMILES string of the molecule is CC.CC(/C=C/C(=O)N1CCn2c(C=O)cnc2C1)N1CCCC1.CCCc1ccccc1Cl. The standard InChI is InChI=1S/C16H22N4O2.C9H11Cl.C2H6/c1-13(18-6-2-3-7-18)4-5-16(22)19-8-9-20-14(12-21)10-17-15(20)11-19;1-2-5-8-6-3-4-7-9(8)10;1-2/h4-5,10,12-13H,2-3,6-9,11H2,1H3;3-4,6-7H,2,5H2,1H3;1-2H3/b5-4+;;. The van der Waals surface area contributed by atoms with Gasteiger partial charge in [0.2, 0.25) is 5.91 Å². The number of rotatable bonds is 6. The van der Waals surface area contributed by atoms with E-state index < -0.39 is 0 Å². The van der Waals surface area contributed by atoms with Crippen LogP contribution in [-0.2, 0) is 24.3 Å². The number of aryl methyl sites for hydroxylation is 1. The average Bonchev–Trinajstić information content (AvgIpc) is 3.55. The van der Waals surface area contributed by atoms with Crippen molar-refractivity contribution >= 4 is 23.8 Å². The first-order valence-electron chi connectivity index (χ1n) is 12.5. The fourth-order valence-corrected chi connectivity index (χ4v) is 4.36. The van der Waals surface area contributed by atoms with Gasteiger partial charge in [0.25, 0.3) is 0 Å². The lowest BCUT2D eigenvalue weighted by molar-refractivity contribution is -0.127. The maximum absolute atomic E-state index is 12.3. The molecule has 2 aliphatic rings. The molecule has 186 valence electrons. The Bertz CT molecular complexity index is 934. The Hall–Kier alpha value is -2.44. The van der Waals surface area contributed by atoms with E-state index in [1.807, 2.05) is 42.7 Å². The van der Waals surface area contributed by atoms with Crippen molar-refractivity contribution in [3.63, 3.8) is 0 Å². The molecule has 1 aromatic carbocycles. The second-order valence-corrected chi connectivity index (χ2v) is 8.72. The highest BCUT2D eigenvalue weighted by Crippen LogP contribution is 2.16. The number of hydrogen-bond donors (Lipinski definition) is 0.